The summed E-state index contributed by atoms with van der Waals surface area (Å²) in [5, 5.41) is 20.0. The molecule has 0 aliphatic carbocycles. The lowest BCUT2D eigenvalue weighted by atomic mass is 10.1. The van der Waals surface area contributed by atoms with Gasteiger partial charge in [0.2, 0.25) is 0 Å². The van der Waals surface area contributed by atoms with Crippen molar-refractivity contribution in [3.8, 4) is 0 Å². The minimum atomic E-state index is -0.198. The molecule has 0 saturated carbocycles. The Bertz CT molecular complexity index is 720. The Morgan fingerprint density at radius 3 is 1.24 bits per heavy atom. The lowest BCUT2D eigenvalue weighted by Crippen LogP contribution is -2.15. The molecule has 2 atom stereocenters. The van der Waals surface area contributed by atoms with Crippen molar-refractivity contribution < 1.29 is 38.7 Å². The van der Waals surface area contributed by atoms with Crippen LogP contribution in [-0.4, -0.2) is 74.0 Å². The van der Waals surface area contributed by atoms with Crippen molar-refractivity contribution in [1.82, 2.24) is 0 Å². The van der Waals surface area contributed by atoms with Gasteiger partial charge in [-0.1, -0.05) is 128 Å². The molecular weight excluding hydrogens is 632 g/mol. The largest absolute Gasteiger partial charge is 0.463 e. The van der Waals surface area contributed by atoms with Gasteiger partial charge in [0.15, 0.2) is 0 Å². The molecule has 294 valence electrons. The fourth-order valence-electron chi connectivity index (χ4n) is 5.61. The van der Waals surface area contributed by atoms with E-state index in [4.69, 9.17) is 18.9 Å². The molecule has 0 aromatic carbocycles. The highest BCUT2D eigenvalue weighted by molar-refractivity contribution is 5.69. The molecule has 0 radical (unpaired) electrons. The number of unbranched alkanes of at least 4 members (excludes halogenated alkanes) is 16. The third-order valence-corrected chi connectivity index (χ3v) is 8.79. The number of carbonyl (C=O) groups is 2. The van der Waals surface area contributed by atoms with Crippen molar-refractivity contribution in [3.63, 3.8) is 0 Å². The molecule has 0 fully saturated rings. The number of aliphatic hydroxyl groups excluding tert-OH is 2. The molecule has 0 saturated heterocycles. The summed E-state index contributed by atoms with van der Waals surface area (Å²) in [5.41, 5.74) is 0. The van der Waals surface area contributed by atoms with E-state index in [1.165, 1.54) is 38.5 Å². The van der Waals surface area contributed by atoms with Gasteiger partial charge in [0, 0.05) is 12.8 Å². The van der Waals surface area contributed by atoms with E-state index < -0.39 is 0 Å². The second-order valence-electron chi connectivity index (χ2n) is 13.7. The van der Waals surface area contributed by atoms with Gasteiger partial charge >= 0.3 is 11.9 Å². The zero-order valence-electron chi connectivity index (χ0n) is 32.4. The van der Waals surface area contributed by atoms with Gasteiger partial charge in [0.1, 0.15) is 13.2 Å². The smallest absolute Gasteiger partial charge is 0.305 e. The summed E-state index contributed by atoms with van der Waals surface area (Å²) < 4.78 is 21.4. The molecule has 0 aliphatic rings. The van der Waals surface area contributed by atoms with Crippen LogP contribution >= 0.6 is 0 Å². The number of allylic oxidation sites excluding steroid dienone is 2. The molecule has 0 aromatic rings. The van der Waals surface area contributed by atoms with Crippen molar-refractivity contribution in [3.05, 3.63) is 24.3 Å². The number of esters is 2. The Morgan fingerprint density at radius 1 is 0.460 bits per heavy atom. The Morgan fingerprint density at radius 2 is 0.820 bits per heavy atom. The molecule has 8 nitrogen and oxygen atoms in total. The predicted octanol–water partition coefficient (Wildman–Crippen LogP) is 10.1. The molecule has 0 heterocycles. The number of hydrogen-bond donors (Lipinski definition) is 2. The van der Waals surface area contributed by atoms with Crippen LogP contribution < -0.4 is 0 Å². The van der Waals surface area contributed by atoms with Crippen LogP contribution in [0.2, 0.25) is 0 Å². The molecule has 0 rings (SSSR count). The summed E-state index contributed by atoms with van der Waals surface area (Å²) in [6.07, 6.45) is 34.8. The molecule has 0 spiro atoms. The van der Waals surface area contributed by atoms with Crippen LogP contribution in [0.3, 0.4) is 0 Å². The van der Waals surface area contributed by atoms with E-state index in [9.17, 15) is 19.8 Å². The minimum Gasteiger partial charge on any atom is -0.463 e. The van der Waals surface area contributed by atoms with Crippen LogP contribution in [0.25, 0.3) is 0 Å². The van der Waals surface area contributed by atoms with Gasteiger partial charge < -0.3 is 29.2 Å². The monoisotopic (exact) mass is 711 g/mol. The van der Waals surface area contributed by atoms with Gasteiger partial charge in [-0.25, -0.2) is 0 Å². The van der Waals surface area contributed by atoms with Gasteiger partial charge in [-0.2, -0.15) is 0 Å². The molecule has 0 amide bonds. The highest BCUT2D eigenvalue weighted by Crippen LogP contribution is 2.12. The quantitative estimate of drug-likeness (QED) is 0.0368. The lowest BCUT2D eigenvalue weighted by molar-refractivity contribution is -0.147. The normalized spacial score (nSPS) is 13.0. The number of aliphatic hydroxyl groups is 2. The number of ether oxygens (including phenoxy) is 4. The van der Waals surface area contributed by atoms with Gasteiger partial charge in [0.05, 0.1) is 38.6 Å². The van der Waals surface area contributed by atoms with Gasteiger partial charge in [-0.05, 0) is 64.2 Å². The van der Waals surface area contributed by atoms with Crippen molar-refractivity contribution in [1.29, 1.82) is 0 Å². The third-order valence-electron chi connectivity index (χ3n) is 8.79. The average Bonchev–Trinajstić information content (AvgIpc) is 3.11. The van der Waals surface area contributed by atoms with Crippen molar-refractivity contribution >= 4 is 11.9 Å². The average molecular weight is 711 g/mol. The number of rotatable bonds is 39. The molecule has 0 unspecified atom stereocenters. The Kier molecular flexibility index (Phi) is 38.6. The van der Waals surface area contributed by atoms with E-state index in [0.717, 1.165) is 116 Å². The topological polar surface area (TPSA) is 112 Å². The summed E-state index contributed by atoms with van der Waals surface area (Å²) in [4.78, 5) is 23.8. The van der Waals surface area contributed by atoms with Crippen LogP contribution in [0.1, 0.15) is 181 Å². The molecule has 0 bridgehead atoms. The maximum absolute atomic E-state index is 11.9. The first-order chi connectivity index (χ1) is 24.5. The zero-order chi connectivity index (χ0) is 36.6. The van der Waals surface area contributed by atoms with Crippen LogP contribution in [0, 0.1) is 0 Å². The number of carbonyl (C=O) groups excluding carboxylic acids is 2. The summed E-state index contributed by atoms with van der Waals surface area (Å²) in [6.45, 7) is 6.38. The van der Waals surface area contributed by atoms with E-state index in [0.29, 0.717) is 39.3 Å². The Hall–Kier alpha value is -1.74. The first-order valence-corrected chi connectivity index (χ1v) is 20.6. The van der Waals surface area contributed by atoms with Crippen LogP contribution in [0.5, 0.6) is 0 Å². The SMILES string of the molecule is CCCCCC[C@@H](O)CC=CCCCCCCCC(=O)OCCOCCOCCOC(=O)CCCCCCCC=CC[C@H](O)CCCCCC. The molecule has 8 heteroatoms. The van der Waals surface area contributed by atoms with Crippen molar-refractivity contribution in [2.24, 2.45) is 0 Å². The standard InChI is InChI=1S/C42H78O8/c1-3-5-7-21-27-39(43)29-23-17-13-9-11-15-19-25-31-41(45)49-37-35-47-33-34-48-36-38-50-42(46)32-26-20-16-12-10-14-18-24-30-40(44)28-22-8-6-4-2/h17-18,23-24,39-40,43-44H,3-16,19-22,25-38H2,1-2H3/t39-,40-/m1/s1. The molecule has 0 aliphatic heterocycles. The van der Waals surface area contributed by atoms with Crippen LogP contribution in [0.15, 0.2) is 24.3 Å². The first kappa shape index (κ1) is 48.3. The molecule has 2 N–H and O–H groups in total. The lowest BCUT2D eigenvalue weighted by Gasteiger charge is -2.08. The fraction of sp³-hybridized carbons (Fsp3) is 0.857. The Labute approximate surface area is 307 Å². The summed E-state index contributed by atoms with van der Waals surface area (Å²) in [6, 6.07) is 0. The van der Waals surface area contributed by atoms with Gasteiger partial charge in [-0.3, -0.25) is 9.59 Å². The molecular formula is C42H78O8. The zero-order valence-corrected chi connectivity index (χ0v) is 32.4. The maximum Gasteiger partial charge on any atom is 0.305 e. The first-order valence-electron chi connectivity index (χ1n) is 20.6. The second-order valence-corrected chi connectivity index (χ2v) is 13.7. The maximum atomic E-state index is 11.9. The predicted molar refractivity (Wildman–Crippen MR) is 205 cm³/mol. The van der Waals surface area contributed by atoms with Crippen LogP contribution in [-0.2, 0) is 28.5 Å². The van der Waals surface area contributed by atoms with Crippen molar-refractivity contribution in [2.75, 3.05) is 39.6 Å². The van der Waals surface area contributed by atoms with E-state index in [1.54, 1.807) is 0 Å². The Balaban J connectivity index is 3.37. The third kappa shape index (κ3) is 39.1. The van der Waals surface area contributed by atoms with E-state index in [1.807, 2.05) is 0 Å². The minimum absolute atomic E-state index is 0.174. The van der Waals surface area contributed by atoms with Crippen molar-refractivity contribution in [2.45, 2.75) is 193 Å². The highest BCUT2D eigenvalue weighted by atomic mass is 16.6. The van der Waals surface area contributed by atoms with E-state index >= 15 is 0 Å². The number of hydrogen-bond acceptors (Lipinski definition) is 8. The van der Waals surface area contributed by atoms with Crippen LogP contribution in [0.4, 0.5) is 0 Å². The van der Waals surface area contributed by atoms with E-state index in [2.05, 4.69) is 38.2 Å². The van der Waals surface area contributed by atoms with Gasteiger partial charge in [-0.15, -0.1) is 0 Å². The second kappa shape index (κ2) is 40.0. The summed E-state index contributed by atoms with van der Waals surface area (Å²) >= 11 is 0. The summed E-state index contributed by atoms with van der Waals surface area (Å²) in [7, 11) is 0. The highest BCUT2D eigenvalue weighted by Gasteiger charge is 2.05. The molecule has 50 heavy (non-hydrogen) atoms. The van der Waals surface area contributed by atoms with E-state index in [-0.39, 0.29) is 37.4 Å². The van der Waals surface area contributed by atoms with Gasteiger partial charge in [0.25, 0.3) is 0 Å². The fourth-order valence-corrected chi connectivity index (χ4v) is 5.61. The molecule has 0 aromatic heterocycles. The summed E-state index contributed by atoms with van der Waals surface area (Å²) in [5.74, 6) is -0.348.